The molecule has 0 radical (unpaired) electrons. The quantitative estimate of drug-likeness (QED) is 0.840. The summed E-state index contributed by atoms with van der Waals surface area (Å²) in [6.45, 7) is 3.34. The van der Waals surface area contributed by atoms with E-state index in [2.05, 4.69) is 0 Å². The second kappa shape index (κ2) is 6.78. The van der Waals surface area contributed by atoms with E-state index in [9.17, 15) is 14.4 Å². The number of hydrogen-bond donors (Lipinski definition) is 1. The molecular weight excluding hydrogens is 254 g/mol. The molecule has 0 unspecified atom stereocenters. The Labute approximate surface area is 111 Å². The largest absolute Gasteiger partial charge is 0.480 e. The predicted molar refractivity (Wildman–Crippen MR) is 69.3 cm³/mol. The second-order valence-electron chi connectivity index (χ2n) is 4.53. The fraction of sp³-hybridized carbons (Fsp3) is 0.750. The van der Waals surface area contributed by atoms with Gasteiger partial charge in [-0.05, 0) is 26.2 Å². The first-order valence-electron chi connectivity index (χ1n) is 6.10. The Morgan fingerprint density at radius 3 is 2.56 bits per heavy atom. The maximum Gasteiger partial charge on any atom is 0.326 e. The summed E-state index contributed by atoms with van der Waals surface area (Å²) in [7, 11) is 0. The molecule has 0 aromatic carbocycles. The standard InChI is InChI=1S/C12H19NO4S/c1-8-4-3-5-10(12(16)17)13(8)11(15)6-7-18-9(2)14/h8,10H,3-7H2,1-2H3,(H,16,17)/t8-,10+/m0/s1. The summed E-state index contributed by atoms with van der Waals surface area (Å²) in [5.74, 6) is -0.679. The SMILES string of the molecule is CC(=O)SCCC(=O)N1[C@@H](C(=O)O)CCC[C@@H]1C. The van der Waals surface area contributed by atoms with Gasteiger partial charge in [-0.3, -0.25) is 9.59 Å². The molecule has 1 rings (SSSR count). The van der Waals surface area contributed by atoms with Crippen molar-refractivity contribution in [3.8, 4) is 0 Å². The van der Waals surface area contributed by atoms with E-state index in [0.29, 0.717) is 12.2 Å². The molecule has 5 nitrogen and oxygen atoms in total. The lowest BCUT2D eigenvalue weighted by molar-refractivity contribution is -0.154. The van der Waals surface area contributed by atoms with E-state index in [1.54, 1.807) is 0 Å². The lowest BCUT2D eigenvalue weighted by Crippen LogP contribution is -2.52. The molecule has 102 valence electrons. The number of hydrogen-bond acceptors (Lipinski definition) is 4. The van der Waals surface area contributed by atoms with Crippen molar-refractivity contribution in [1.82, 2.24) is 4.90 Å². The van der Waals surface area contributed by atoms with Gasteiger partial charge in [-0.15, -0.1) is 0 Å². The minimum absolute atomic E-state index is 0.0238. The van der Waals surface area contributed by atoms with Crippen LogP contribution in [0.25, 0.3) is 0 Å². The zero-order valence-corrected chi connectivity index (χ0v) is 11.5. The van der Waals surface area contributed by atoms with Gasteiger partial charge in [0.25, 0.3) is 0 Å². The van der Waals surface area contributed by atoms with Gasteiger partial charge in [0.2, 0.25) is 5.91 Å². The van der Waals surface area contributed by atoms with Crippen molar-refractivity contribution < 1.29 is 19.5 Å². The van der Waals surface area contributed by atoms with E-state index in [1.165, 1.54) is 11.8 Å². The van der Waals surface area contributed by atoms with Gasteiger partial charge in [0, 0.05) is 25.1 Å². The number of carbonyl (C=O) groups excluding carboxylic acids is 2. The first kappa shape index (κ1) is 15.0. The third-order valence-corrected chi connectivity index (χ3v) is 3.92. The van der Waals surface area contributed by atoms with Crippen LogP contribution in [0.3, 0.4) is 0 Å². The monoisotopic (exact) mass is 273 g/mol. The highest BCUT2D eigenvalue weighted by Gasteiger charge is 2.35. The number of nitrogens with zero attached hydrogens (tertiary/aromatic N) is 1. The summed E-state index contributed by atoms with van der Waals surface area (Å²) in [4.78, 5) is 35.4. The molecule has 1 aliphatic rings. The van der Waals surface area contributed by atoms with Gasteiger partial charge in [0.05, 0.1) is 0 Å². The molecule has 1 fully saturated rings. The van der Waals surface area contributed by atoms with Crippen LogP contribution in [-0.2, 0) is 14.4 Å². The number of amides is 1. The lowest BCUT2D eigenvalue weighted by atomic mass is 9.96. The van der Waals surface area contributed by atoms with Crippen LogP contribution < -0.4 is 0 Å². The van der Waals surface area contributed by atoms with Crippen LogP contribution in [0.15, 0.2) is 0 Å². The number of carbonyl (C=O) groups is 3. The van der Waals surface area contributed by atoms with E-state index in [0.717, 1.165) is 24.6 Å². The van der Waals surface area contributed by atoms with Crippen molar-refractivity contribution >= 4 is 28.8 Å². The highest BCUT2D eigenvalue weighted by atomic mass is 32.2. The average molecular weight is 273 g/mol. The Bertz CT molecular complexity index is 345. The number of rotatable bonds is 4. The van der Waals surface area contributed by atoms with Crippen molar-refractivity contribution in [3.05, 3.63) is 0 Å². The predicted octanol–water partition coefficient (Wildman–Crippen LogP) is 1.51. The fourth-order valence-electron chi connectivity index (χ4n) is 2.27. The maximum absolute atomic E-state index is 12.0. The van der Waals surface area contributed by atoms with E-state index < -0.39 is 12.0 Å². The van der Waals surface area contributed by atoms with Crippen LogP contribution in [-0.4, -0.2) is 44.8 Å². The van der Waals surface area contributed by atoms with Crippen molar-refractivity contribution in [1.29, 1.82) is 0 Å². The maximum atomic E-state index is 12.0. The van der Waals surface area contributed by atoms with Gasteiger partial charge >= 0.3 is 5.97 Å². The van der Waals surface area contributed by atoms with Gasteiger partial charge in [-0.2, -0.15) is 0 Å². The summed E-state index contributed by atoms with van der Waals surface area (Å²) in [6.07, 6.45) is 2.42. The Morgan fingerprint density at radius 2 is 2.00 bits per heavy atom. The number of aliphatic carboxylic acids is 1. The Balaban J connectivity index is 2.60. The average Bonchev–Trinajstić information content (AvgIpc) is 2.27. The summed E-state index contributed by atoms with van der Waals surface area (Å²) < 4.78 is 0. The van der Waals surface area contributed by atoms with Crippen LogP contribution in [0, 0.1) is 0 Å². The van der Waals surface area contributed by atoms with Crippen LogP contribution in [0.5, 0.6) is 0 Å². The van der Waals surface area contributed by atoms with Gasteiger partial charge in [-0.1, -0.05) is 11.8 Å². The fourth-order valence-corrected chi connectivity index (χ4v) is 2.83. The van der Waals surface area contributed by atoms with Crippen molar-refractivity contribution in [2.24, 2.45) is 0 Å². The third kappa shape index (κ3) is 4.01. The summed E-state index contributed by atoms with van der Waals surface area (Å²) >= 11 is 1.10. The van der Waals surface area contributed by atoms with Crippen LogP contribution in [0.2, 0.25) is 0 Å². The zero-order valence-electron chi connectivity index (χ0n) is 10.7. The normalized spacial score (nSPS) is 23.8. The second-order valence-corrected chi connectivity index (χ2v) is 5.80. The molecule has 1 aliphatic heterocycles. The molecule has 0 aliphatic carbocycles. The minimum atomic E-state index is -0.936. The topological polar surface area (TPSA) is 74.7 Å². The molecule has 0 spiro atoms. The molecule has 1 heterocycles. The molecule has 1 saturated heterocycles. The minimum Gasteiger partial charge on any atom is -0.480 e. The van der Waals surface area contributed by atoms with Crippen LogP contribution in [0.4, 0.5) is 0 Å². The molecule has 0 aromatic rings. The smallest absolute Gasteiger partial charge is 0.326 e. The Hall–Kier alpha value is -1.04. The Morgan fingerprint density at radius 1 is 1.33 bits per heavy atom. The van der Waals surface area contributed by atoms with E-state index >= 15 is 0 Å². The summed E-state index contributed by atoms with van der Waals surface area (Å²) in [5.41, 5.74) is 0. The van der Waals surface area contributed by atoms with Crippen molar-refractivity contribution in [2.75, 3.05) is 5.75 Å². The number of thioether (sulfide) groups is 1. The van der Waals surface area contributed by atoms with Gasteiger partial charge < -0.3 is 10.0 Å². The first-order chi connectivity index (χ1) is 8.43. The van der Waals surface area contributed by atoms with Crippen LogP contribution in [0.1, 0.15) is 39.5 Å². The summed E-state index contributed by atoms with van der Waals surface area (Å²) in [6, 6.07) is -0.738. The van der Waals surface area contributed by atoms with Crippen molar-refractivity contribution in [2.45, 2.75) is 51.6 Å². The van der Waals surface area contributed by atoms with E-state index in [-0.39, 0.29) is 23.5 Å². The van der Waals surface area contributed by atoms with Gasteiger partial charge in [0.15, 0.2) is 5.12 Å². The zero-order chi connectivity index (χ0) is 13.7. The number of likely N-dealkylation sites (tertiary alicyclic amines) is 1. The lowest BCUT2D eigenvalue weighted by Gasteiger charge is -2.38. The van der Waals surface area contributed by atoms with Crippen molar-refractivity contribution in [3.63, 3.8) is 0 Å². The molecular formula is C12H19NO4S. The highest BCUT2D eigenvalue weighted by molar-refractivity contribution is 8.13. The molecule has 18 heavy (non-hydrogen) atoms. The molecule has 0 aromatic heterocycles. The molecule has 2 atom stereocenters. The number of carboxylic acid groups (broad SMARTS) is 1. The van der Waals surface area contributed by atoms with Crippen LogP contribution >= 0.6 is 11.8 Å². The van der Waals surface area contributed by atoms with Gasteiger partial charge in [-0.25, -0.2) is 4.79 Å². The molecule has 1 N–H and O–H groups in total. The molecule has 6 heteroatoms. The van der Waals surface area contributed by atoms with Gasteiger partial charge in [0.1, 0.15) is 6.04 Å². The Kier molecular flexibility index (Phi) is 5.65. The van der Waals surface area contributed by atoms with E-state index in [4.69, 9.17) is 5.11 Å². The molecule has 0 saturated carbocycles. The van der Waals surface area contributed by atoms with E-state index in [1.807, 2.05) is 6.92 Å². The third-order valence-electron chi connectivity index (χ3n) is 3.10. The number of piperidine rings is 1. The summed E-state index contributed by atoms with van der Waals surface area (Å²) in [5, 5.41) is 9.11. The first-order valence-corrected chi connectivity index (χ1v) is 7.09. The molecule has 0 bridgehead atoms. The highest BCUT2D eigenvalue weighted by Crippen LogP contribution is 2.24. The number of carboxylic acids is 1. The molecule has 1 amide bonds.